The zero-order chi connectivity index (χ0) is 13.8. The van der Waals surface area contributed by atoms with Crippen molar-refractivity contribution in [2.45, 2.75) is 32.0 Å². The van der Waals surface area contributed by atoms with Gasteiger partial charge in [-0.3, -0.25) is 15.0 Å². The topological polar surface area (TPSA) is 66.6 Å². The highest BCUT2D eigenvalue weighted by atomic mass is 16.6. The average Bonchev–Trinajstić information content (AvgIpc) is 2.49. The highest BCUT2D eigenvalue weighted by molar-refractivity contribution is 5.14. The Bertz CT molecular complexity index is 424. The summed E-state index contributed by atoms with van der Waals surface area (Å²) in [4.78, 5) is 12.8. The minimum absolute atomic E-state index is 0.0919. The van der Waals surface area contributed by atoms with E-state index in [0.29, 0.717) is 6.54 Å². The highest BCUT2D eigenvalue weighted by Gasteiger charge is 2.38. The normalized spacial score (nSPS) is 28.8. The molecule has 0 unspecified atom stereocenters. The summed E-state index contributed by atoms with van der Waals surface area (Å²) in [5.41, 5.74) is 1.17. The fraction of sp³-hybridized carbons (Fsp3) is 0.571. The van der Waals surface area contributed by atoms with Gasteiger partial charge in [0.25, 0.3) is 0 Å². The molecule has 0 saturated carbocycles. The van der Waals surface area contributed by atoms with Gasteiger partial charge in [0, 0.05) is 23.9 Å². The summed E-state index contributed by atoms with van der Waals surface area (Å²) in [5, 5.41) is 21.1. The molecule has 0 spiro atoms. The van der Waals surface area contributed by atoms with E-state index in [-0.39, 0.29) is 10.8 Å². The molecule has 1 fully saturated rings. The largest absolute Gasteiger partial charge is 0.385 e. The van der Waals surface area contributed by atoms with Crippen LogP contribution in [0.3, 0.4) is 0 Å². The standard InChI is InChI=1S/C14H20N2O3/c1-11-7-8-15(9-12-5-3-2-4-6-12)10-13(17)14(11)16(18)19/h2-6,11,13-14,17H,7-10H2,1H3/t11-,13+,14-/m1/s1. The van der Waals surface area contributed by atoms with Crippen molar-refractivity contribution >= 4 is 0 Å². The lowest BCUT2D eigenvalue weighted by atomic mass is 9.96. The monoisotopic (exact) mass is 264 g/mol. The third-order valence-corrected chi connectivity index (χ3v) is 3.82. The fourth-order valence-corrected chi connectivity index (χ4v) is 2.73. The van der Waals surface area contributed by atoms with Crippen molar-refractivity contribution in [3.8, 4) is 0 Å². The molecule has 0 aliphatic carbocycles. The quantitative estimate of drug-likeness (QED) is 0.664. The van der Waals surface area contributed by atoms with Crippen LogP contribution in [0.2, 0.25) is 0 Å². The first-order chi connectivity index (χ1) is 9.08. The van der Waals surface area contributed by atoms with Gasteiger partial charge in [0.1, 0.15) is 6.10 Å². The van der Waals surface area contributed by atoms with Crippen LogP contribution in [-0.2, 0) is 6.54 Å². The predicted molar refractivity (Wildman–Crippen MR) is 72.3 cm³/mol. The van der Waals surface area contributed by atoms with Crippen molar-refractivity contribution in [2.24, 2.45) is 5.92 Å². The van der Waals surface area contributed by atoms with E-state index in [1.165, 1.54) is 5.56 Å². The lowest BCUT2D eigenvalue weighted by molar-refractivity contribution is -0.542. The van der Waals surface area contributed by atoms with Crippen molar-refractivity contribution in [3.05, 3.63) is 46.0 Å². The molecule has 1 heterocycles. The Morgan fingerprint density at radius 1 is 1.42 bits per heavy atom. The molecular formula is C14H20N2O3. The van der Waals surface area contributed by atoms with Gasteiger partial charge >= 0.3 is 0 Å². The number of rotatable bonds is 3. The number of aliphatic hydroxyl groups is 1. The molecule has 0 amide bonds. The Kier molecular flexibility index (Phi) is 4.50. The molecule has 1 aliphatic heterocycles. The smallest absolute Gasteiger partial charge is 0.242 e. The Morgan fingerprint density at radius 3 is 2.74 bits per heavy atom. The molecule has 2 rings (SSSR count). The molecule has 1 N–H and O–H groups in total. The number of hydrogen-bond acceptors (Lipinski definition) is 4. The lowest BCUT2D eigenvalue weighted by Crippen LogP contribution is -2.42. The third-order valence-electron chi connectivity index (χ3n) is 3.82. The van der Waals surface area contributed by atoms with Gasteiger partial charge in [0.15, 0.2) is 0 Å². The first kappa shape index (κ1) is 14.0. The van der Waals surface area contributed by atoms with Crippen LogP contribution in [0.4, 0.5) is 0 Å². The average molecular weight is 264 g/mol. The van der Waals surface area contributed by atoms with Crippen molar-refractivity contribution in [3.63, 3.8) is 0 Å². The Labute approximate surface area is 113 Å². The summed E-state index contributed by atoms with van der Waals surface area (Å²) < 4.78 is 0. The first-order valence-electron chi connectivity index (χ1n) is 6.65. The minimum Gasteiger partial charge on any atom is -0.385 e. The molecule has 19 heavy (non-hydrogen) atoms. The molecule has 5 nitrogen and oxygen atoms in total. The molecular weight excluding hydrogens is 244 g/mol. The van der Waals surface area contributed by atoms with Crippen LogP contribution in [-0.4, -0.2) is 40.2 Å². The van der Waals surface area contributed by atoms with Gasteiger partial charge in [0.05, 0.1) is 0 Å². The van der Waals surface area contributed by atoms with Crippen LogP contribution in [0, 0.1) is 16.0 Å². The maximum absolute atomic E-state index is 11.0. The summed E-state index contributed by atoms with van der Waals surface area (Å²) in [6.07, 6.45) is -0.147. The molecule has 0 bridgehead atoms. The van der Waals surface area contributed by atoms with E-state index in [4.69, 9.17) is 0 Å². The van der Waals surface area contributed by atoms with Gasteiger partial charge in [-0.05, 0) is 18.5 Å². The van der Waals surface area contributed by atoms with Crippen LogP contribution < -0.4 is 0 Å². The predicted octanol–water partition coefficient (Wildman–Crippen LogP) is 1.53. The van der Waals surface area contributed by atoms with Crippen LogP contribution in [0.25, 0.3) is 0 Å². The van der Waals surface area contributed by atoms with E-state index >= 15 is 0 Å². The zero-order valence-corrected chi connectivity index (χ0v) is 11.1. The van der Waals surface area contributed by atoms with Gasteiger partial charge < -0.3 is 5.11 Å². The van der Waals surface area contributed by atoms with Gasteiger partial charge in [-0.15, -0.1) is 0 Å². The van der Waals surface area contributed by atoms with Gasteiger partial charge in [0.2, 0.25) is 6.04 Å². The maximum atomic E-state index is 11.0. The third kappa shape index (κ3) is 3.52. The molecule has 5 heteroatoms. The van der Waals surface area contributed by atoms with E-state index in [1.807, 2.05) is 37.3 Å². The number of likely N-dealkylation sites (tertiary alicyclic amines) is 1. The van der Waals surface area contributed by atoms with E-state index < -0.39 is 12.1 Å². The zero-order valence-electron chi connectivity index (χ0n) is 11.1. The minimum atomic E-state index is -0.892. The van der Waals surface area contributed by atoms with Crippen molar-refractivity contribution < 1.29 is 10.0 Å². The molecule has 1 aromatic carbocycles. The SMILES string of the molecule is C[C@@H]1CCN(Cc2ccccc2)C[C@H](O)[C@@H]1[N+](=O)[O-]. The van der Waals surface area contributed by atoms with Crippen LogP contribution in [0.5, 0.6) is 0 Å². The molecule has 0 radical (unpaired) electrons. The Morgan fingerprint density at radius 2 is 2.11 bits per heavy atom. The van der Waals surface area contributed by atoms with Crippen LogP contribution >= 0.6 is 0 Å². The van der Waals surface area contributed by atoms with Crippen LogP contribution in [0.1, 0.15) is 18.9 Å². The lowest BCUT2D eigenvalue weighted by Gasteiger charge is -2.22. The number of nitrogens with zero attached hydrogens (tertiary/aromatic N) is 2. The summed E-state index contributed by atoms with van der Waals surface area (Å²) >= 11 is 0. The molecule has 3 atom stereocenters. The molecule has 1 aromatic rings. The molecule has 0 aromatic heterocycles. The molecule has 104 valence electrons. The number of hydrogen-bond donors (Lipinski definition) is 1. The summed E-state index contributed by atoms with van der Waals surface area (Å²) in [5.74, 6) is -0.0919. The molecule has 1 saturated heterocycles. The van der Waals surface area contributed by atoms with E-state index in [1.54, 1.807) is 0 Å². The number of benzene rings is 1. The van der Waals surface area contributed by atoms with Crippen molar-refractivity contribution in [1.82, 2.24) is 4.90 Å². The van der Waals surface area contributed by atoms with Gasteiger partial charge in [-0.25, -0.2) is 0 Å². The first-order valence-corrected chi connectivity index (χ1v) is 6.65. The summed E-state index contributed by atoms with van der Waals surface area (Å²) in [6.45, 7) is 3.74. The maximum Gasteiger partial charge on any atom is 0.242 e. The second-order valence-electron chi connectivity index (χ2n) is 5.33. The number of nitro groups is 1. The summed E-state index contributed by atoms with van der Waals surface area (Å²) in [7, 11) is 0. The van der Waals surface area contributed by atoms with Gasteiger partial charge in [-0.1, -0.05) is 37.3 Å². The number of β-amino-alcohol motifs (C(OH)–C–C–N with tert-alkyl or cyclic N) is 1. The van der Waals surface area contributed by atoms with Crippen molar-refractivity contribution in [2.75, 3.05) is 13.1 Å². The van der Waals surface area contributed by atoms with E-state index in [0.717, 1.165) is 19.5 Å². The van der Waals surface area contributed by atoms with Crippen molar-refractivity contribution in [1.29, 1.82) is 0 Å². The van der Waals surface area contributed by atoms with E-state index in [2.05, 4.69) is 4.90 Å². The highest BCUT2D eigenvalue weighted by Crippen LogP contribution is 2.21. The second kappa shape index (κ2) is 6.12. The summed E-state index contributed by atoms with van der Waals surface area (Å²) in [6, 6.07) is 9.14. The van der Waals surface area contributed by atoms with Crippen LogP contribution in [0.15, 0.2) is 30.3 Å². The molecule has 1 aliphatic rings. The van der Waals surface area contributed by atoms with Gasteiger partial charge in [-0.2, -0.15) is 0 Å². The Hall–Kier alpha value is -1.46. The second-order valence-corrected chi connectivity index (χ2v) is 5.33. The fourth-order valence-electron chi connectivity index (χ4n) is 2.73. The Balaban J connectivity index is 2.03. The number of aliphatic hydroxyl groups excluding tert-OH is 1. The van der Waals surface area contributed by atoms with E-state index in [9.17, 15) is 15.2 Å².